The van der Waals surface area contributed by atoms with Crippen molar-refractivity contribution in [2.75, 3.05) is 11.9 Å². The lowest BCUT2D eigenvalue weighted by molar-refractivity contribution is -0.131. The number of amides is 2. The Morgan fingerprint density at radius 1 is 1.23 bits per heavy atom. The number of nitrogens with one attached hydrogen (secondary N) is 1. The molecule has 2 aromatic carbocycles. The van der Waals surface area contributed by atoms with Gasteiger partial charge in [0.05, 0.1) is 24.1 Å². The number of benzene rings is 2. The zero-order valence-electron chi connectivity index (χ0n) is 16.8. The molecule has 8 heteroatoms. The first-order chi connectivity index (χ1) is 14.9. The summed E-state index contributed by atoms with van der Waals surface area (Å²) < 4.78 is 5.56. The molecule has 1 aliphatic heterocycles. The summed E-state index contributed by atoms with van der Waals surface area (Å²) in [4.78, 5) is 24.8. The van der Waals surface area contributed by atoms with Crippen molar-refractivity contribution in [1.29, 1.82) is 0 Å². The molecule has 1 atom stereocenters. The molecule has 2 heterocycles. The van der Waals surface area contributed by atoms with Gasteiger partial charge >= 0.3 is 0 Å². The summed E-state index contributed by atoms with van der Waals surface area (Å²) in [5, 5.41) is 9.41. The third-order valence-corrected chi connectivity index (χ3v) is 5.33. The van der Waals surface area contributed by atoms with E-state index in [1.807, 2.05) is 37.3 Å². The van der Waals surface area contributed by atoms with Crippen LogP contribution in [0, 0.1) is 6.92 Å². The number of aryl methyl sites for hydroxylation is 1. The quantitative estimate of drug-likeness (QED) is 0.606. The molecule has 3 N–H and O–H groups in total. The largest absolute Gasteiger partial charge is 0.467 e. The molecule has 0 spiro atoms. The van der Waals surface area contributed by atoms with Crippen LogP contribution in [0.15, 0.2) is 70.4 Å². The number of rotatable bonds is 6. The highest BCUT2D eigenvalue weighted by atomic mass is 35.5. The molecular formula is C23H21ClN4O3. The first-order valence-corrected chi connectivity index (χ1v) is 10.1. The highest BCUT2D eigenvalue weighted by molar-refractivity contribution is 6.31. The number of hydrogen-bond donors (Lipinski definition) is 2. The van der Waals surface area contributed by atoms with Crippen LogP contribution in [-0.4, -0.2) is 29.1 Å². The predicted molar refractivity (Wildman–Crippen MR) is 119 cm³/mol. The van der Waals surface area contributed by atoms with Crippen molar-refractivity contribution in [1.82, 2.24) is 5.01 Å². The maximum absolute atomic E-state index is 13.1. The number of nitrogens with zero attached hydrogens (tertiary/aromatic N) is 2. The summed E-state index contributed by atoms with van der Waals surface area (Å²) in [6, 6.07) is 15.9. The van der Waals surface area contributed by atoms with Crippen LogP contribution in [0.4, 0.5) is 5.69 Å². The van der Waals surface area contributed by atoms with Crippen LogP contribution < -0.4 is 11.1 Å². The van der Waals surface area contributed by atoms with E-state index in [0.29, 0.717) is 22.9 Å². The van der Waals surface area contributed by atoms with Crippen molar-refractivity contribution in [2.45, 2.75) is 19.4 Å². The van der Waals surface area contributed by atoms with Gasteiger partial charge in [-0.3, -0.25) is 9.59 Å². The smallest absolute Gasteiger partial charge is 0.262 e. The molecule has 2 amide bonds. The minimum atomic E-state index is -0.610. The van der Waals surface area contributed by atoms with Crippen LogP contribution in [0.3, 0.4) is 0 Å². The Morgan fingerprint density at radius 3 is 2.68 bits per heavy atom. The SMILES string of the molecule is Cc1ccc(C2=NN(C(=O)CNc3cc(Cl)ccc3C(N)=O)C(c3ccco3)C2)cc1. The molecule has 0 fully saturated rings. The van der Waals surface area contributed by atoms with E-state index in [2.05, 4.69) is 10.4 Å². The van der Waals surface area contributed by atoms with Crippen LogP contribution in [0.1, 0.15) is 39.7 Å². The number of furan rings is 1. The molecule has 1 aliphatic rings. The first kappa shape index (κ1) is 20.7. The van der Waals surface area contributed by atoms with Gasteiger partial charge in [0.1, 0.15) is 11.8 Å². The second-order valence-electron chi connectivity index (χ2n) is 7.29. The molecular weight excluding hydrogens is 416 g/mol. The summed E-state index contributed by atoms with van der Waals surface area (Å²) in [5.41, 5.74) is 8.97. The molecule has 0 radical (unpaired) electrons. The van der Waals surface area contributed by atoms with Crippen LogP contribution in [0.2, 0.25) is 5.02 Å². The lowest BCUT2D eigenvalue weighted by Gasteiger charge is -2.20. The molecule has 0 aliphatic carbocycles. The minimum absolute atomic E-state index is 0.0947. The van der Waals surface area contributed by atoms with Crippen LogP contribution in [0.5, 0.6) is 0 Å². The normalized spacial score (nSPS) is 15.6. The first-order valence-electron chi connectivity index (χ1n) is 9.75. The average molecular weight is 437 g/mol. The molecule has 158 valence electrons. The Balaban J connectivity index is 1.57. The van der Waals surface area contributed by atoms with E-state index in [9.17, 15) is 9.59 Å². The van der Waals surface area contributed by atoms with Gasteiger partial charge in [0.25, 0.3) is 11.8 Å². The highest BCUT2D eigenvalue weighted by Gasteiger charge is 2.34. The van der Waals surface area contributed by atoms with Gasteiger partial charge in [-0.1, -0.05) is 41.4 Å². The number of hydrogen-bond acceptors (Lipinski definition) is 5. The Hall–Kier alpha value is -3.58. The van der Waals surface area contributed by atoms with Crippen molar-refractivity contribution in [3.05, 3.63) is 88.3 Å². The fraction of sp³-hybridized carbons (Fsp3) is 0.174. The van der Waals surface area contributed by atoms with E-state index < -0.39 is 5.91 Å². The Labute approximate surface area is 184 Å². The number of hydrazone groups is 1. The average Bonchev–Trinajstić information content (AvgIpc) is 3.42. The van der Waals surface area contributed by atoms with Crippen molar-refractivity contribution in [3.63, 3.8) is 0 Å². The van der Waals surface area contributed by atoms with E-state index >= 15 is 0 Å². The van der Waals surface area contributed by atoms with E-state index in [1.165, 1.54) is 11.1 Å². The summed E-state index contributed by atoms with van der Waals surface area (Å²) in [7, 11) is 0. The molecule has 3 aromatic rings. The zero-order chi connectivity index (χ0) is 22.0. The standard InChI is InChI=1S/C23H21ClN4O3/c1-14-4-6-15(7-5-14)18-12-20(21-3-2-10-31-21)28(27-18)22(29)13-26-19-11-16(24)8-9-17(19)23(25)30/h2-11,20,26H,12-13H2,1H3,(H2,25,30). The van der Waals surface area contributed by atoms with E-state index in [4.69, 9.17) is 21.8 Å². The van der Waals surface area contributed by atoms with Crippen LogP contribution >= 0.6 is 11.6 Å². The van der Waals surface area contributed by atoms with Gasteiger partial charge in [0, 0.05) is 17.1 Å². The summed E-state index contributed by atoms with van der Waals surface area (Å²) in [6.45, 7) is 1.92. The zero-order valence-corrected chi connectivity index (χ0v) is 17.6. The third kappa shape index (κ3) is 4.46. The summed E-state index contributed by atoms with van der Waals surface area (Å²) in [5.74, 6) is -0.236. The van der Waals surface area contributed by atoms with E-state index in [1.54, 1.807) is 24.5 Å². The molecule has 1 aromatic heterocycles. The minimum Gasteiger partial charge on any atom is -0.467 e. The van der Waals surface area contributed by atoms with Crippen LogP contribution in [0.25, 0.3) is 0 Å². The van der Waals surface area contributed by atoms with Gasteiger partial charge in [0.2, 0.25) is 0 Å². The molecule has 31 heavy (non-hydrogen) atoms. The van der Waals surface area contributed by atoms with E-state index in [0.717, 1.165) is 16.8 Å². The van der Waals surface area contributed by atoms with E-state index in [-0.39, 0.29) is 24.1 Å². The van der Waals surface area contributed by atoms with Gasteiger partial charge in [-0.2, -0.15) is 5.10 Å². The molecule has 0 bridgehead atoms. The molecule has 0 saturated heterocycles. The summed E-state index contributed by atoms with van der Waals surface area (Å²) >= 11 is 6.03. The molecule has 1 unspecified atom stereocenters. The highest BCUT2D eigenvalue weighted by Crippen LogP contribution is 2.33. The number of carbonyl (C=O) groups excluding carboxylic acids is 2. The number of carbonyl (C=O) groups is 2. The maximum Gasteiger partial charge on any atom is 0.262 e. The van der Waals surface area contributed by atoms with Crippen molar-refractivity contribution >= 4 is 34.8 Å². The van der Waals surface area contributed by atoms with Gasteiger partial charge < -0.3 is 15.5 Å². The molecule has 0 saturated carbocycles. The van der Waals surface area contributed by atoms with Crippen molar-refractivity contribution in [2.24, 2.45) is 10.8 Å². The van der Waals surface area contributed by atoms with Gasteiger partial charge in [-0.05, 0) is 42.8 Å². The Kier molecular flexibility index (Phi) is 5.77. The van der Waals surface area contributed by atoms with Gasteiger partial charge in [0.15, 0.2) is 0 Å². The Morgan fingerprint density at radius 2 is 2.00 bits per heavy atom. The monoisotopic (exact) mass is 436 g/mol. The second-order valence-corrected chi connectivity index (χ2v) is 7.73. The van der Waals surface area contributed by atoms with Crippen LogP contribution in [-0.2, 0) is 4.79 Å². The fourth-order valence-electron chi connectivity index (χ4n) is 3.49. The fourth-order valence-corrected chi connectivity index (χ4v) is 3.66. The molecule has 4 rings (SSSR count). The number of halogens is 1. The lowest BCUT2D eigenvalue weighted by atomic mass is 10.0. The lowest BCUT2D eigenvalue weighted by Crippen LogP contribution is -2.32. The summed E-state index contributed by atoms with van der Waals surface area (Å²) in [6.07, 6.45) is 2.11. The molecule has 7 nitrogen and oxygen atoms in total. The Bertz CT molecular complexity index is 1140. The predicted octanol–water partition coefficient (Wildman–Crippen LogP) is 4.13. The van der Waals surface area contributed by atoms with Gasteiger partial charge in [-0.15, -0.1) is 0 Å². The topological polar surface area (TPSA) is 101 Å². The van der Waals surface area contributed by atoms with Crippen molar-refractivity contribution in [3.8, 4) is 0 Å². The second kappa shape index (κ2) is 8.65. The number of nitrogens with two attached hydrogens (primary N) is 1. The maximum atomic E-state index is 13.1. The number of anilines is 1. The van der Waals surface area contributed by atoms with Gasteiger partial charge in [-0.25, -0.2) is 5.01 Å². The number of primary amides is 1. The van der Waals surface area contributed by atoms with Crippen molar-refractivity contribution < 1.29 is 14.0 Å². The third-order valence-electron chi connectivity index (χ3n) is 5.10.